The Labute approximate surface area is 84.3 Å². The number of rotatable bonds is 2. The molecule has 2 aromatic rings. The smallest absolute Gasteiger partial charge is 0.226 e. The molecule has 5 heteroatoms. The van der Waals surface area contributed by atoms with Crippen LogP contribution in [0.15, 0.2) is 16.7 Å². The maximum Gasteiger partial charge on any atom is 0.226 e. The fourth-order valence-corrected chi connectivity index (χ4v) is 1.86. The lowest BCUT2D eigenvalue weighted by Crippen LogP contribution is -1.78. The molecule has 0 aliphatic heterocycles. The number of aromatic nitrogens is 2. The molecule has 0 spiro atoms. The second kappa shape index (κ2) is 3.47. The van der Waals surface area contributed by atoms with Gasteiger partial charge in [-0.2, -0.15) is 4.98 Å². The predicted molar refractivity (Wildman–Crippen MR) is 51.7 cm³/mol. The minimum atomic E-state index is 0.506. The van der Waals surface area contributed by atoms with Gasteiger partial charge >= 0.3 is 0 Å². The molecule has 0 aliphatic carbocycles. The van der Waals surface area contributed by atoms with Crippen LogP contribution in [0.4, 0.5) is 0 Å². The molecular formula is C8H6ClN2OS. The monoisotopic (exact) mass is 213 g/mol. The van der Waals surface area contributed by atoms with Crippen molar-refractivity contribution in [1.29, 1.82) is 0 Å². The van der Waals surface area contributed by atoms with Crippen molar-refractivity contribution in [3.63, 3.8) is 0 Å². The zero-order valence-corrected chi connectivity index (χ0v) is 8.23. The minimum absolute atomic E-state index is 0.506. The summed E-state index contributed by atoms with van der Waals surface area (Å²) in [5.74, 6) is 1.12. The van der Waals surface area contributed by atoms with Crippen LogP contribution in [0, 0.1) is 6.92 Å². The van der Waals surface area contributed by atoms with E-state index in [2.05, 4.69) is 17.1 Å². The van der Waals surface area contributed by atoms with Crippen LogP contribution in [0.25, 0.3) is 10.7 Å². The van der Waals surface area contributed by atoms with Gasteiger partial charge in [-0.25, -0.2) is 0 Å². The summed E-state index contributed by atoms with van der Waals surface area (Å²) >= 11 is 7.20. The number of nitrogens with zero attached hydrogens (tertiary/aromatic N) is 2. The number of hydrogen-bond acceptors (Lipinski definition) is 4. The number of halogens is 1. The van der Waals surface area contributed by atoms with Gasteiger partial charge in [-0.15, -0.1) is 11.3 Å². The van der Waals surface area contributed by atoms with Gasteiger partial charge < -0.3 is 4.52 Å². The molecule has 0 aromatic carbocycles. The fraction of sp³-hybridized carbons (Fsp3) is 0.125. The molecule has 1 radical (unpaired) electrons. The molecule has 0 saturated heterocycles. The van der Waals surface area contributed by atoms with Gasteiger partial charge in [0.1, 0.15) is 0 Å². The highest BCUT2D eigenvalue weighted by Crippen LogP contribution is 2.28. The van der Waals surface area contributed by atoms with E-state index < -0.39 is 0 Å². The van der Waals surface area contributed by atoms with Crippen LogP contribution in [0.2, 0.25) is 4.34 Å². The summed E-state index contributed by atoms with van der Waals surface area (Å²) in [6.07, 6.45) is 0.506. The molecule has 67 valence electrons. The second-order valence-electron chi connectivity index (χ2n) is 2.37. The molecule has 0 saturated carbocycles. The summed E-state index contributed by atoms with van der Waals surface area (Å²) in [6, 6.07) is 3.67. The Morgan fingerprint density at radius 1 is 1.54 bits per heavy atom. The Morgan fingerprint density at radius 2 is 2.38 bits per heavy atom. The summed E-state index contributed by atoms with van der Waals surface area (Å²) < 4.78 is 5.64. The van der Waals surface area contributed by atoms with Crippen molar-refractivity contribution in [3.8, 4) is 10.7 Å². The van der Waals surface area contributed by atoms with E-state index in [0.717, 1.165) is 9.21 Å². The minimum Gasteiger partial charge on any atom is -0.339 e. The molecule has 0 unspecified atom stereocenters. The maximum absolute atomic E-state index is 5.77. The van der Waals surface area contributed by atoms with Crippen LogP contribution < -0.4 is 0 Å². The van der Waals surface area contributed by atoms with Crippen molar-refractivity contribution in [2.45, 2.75) is 6.42 Å². The van der Waals surface area contributed by atoms with Crippen LogP contribution in [-0.4, -0.2) is 10.1 Å². The van der Waals surface area contributed by atoms with Crippen LogP contribution in [0.1, 0.15) is 5.89 Å². The zero-order chi connectivity index (χ0) is 9.26. The van der Waals surface area contributed by atoms with Gasteiger partial charge in [-0.3, -0.25) is 0 Å². The molecule has 0 amide bonds. The highest BCUT2D eigenvalue weighted by atomic mass is 35.5. The lowest BCUT2D eigenvalue weighted by atomic mass is 10.4. The molecule has 2 aromatic heterocycles. The van der Waals surface area contributed by atoms with E-state index in [9.17, 15) is 0 Å². The highest BCUT2D eigenvalue weighted by Gasteiger charge is 2.08. The van der Waals surface area contributed by atoms with Gasteiger partial charge in [0.05, 0.1) is 9.21 Å². The van der Waals surface area contributed by atoms with Crippen LogP contribution in [0.5, 0.6) is 0 Å². The lowest BCUT2D eigenvalue weighted by molar-refractivity contribution is 0.386. The first-order valence-corrected chi connectivity index (χ1v) is 4.86. The van der Waals surface area contributed by atoms with E-state index >= 15 is 0 Å². The van der Waals surface area contributed by atoms with E-state index in [0.29, 0.717) is 18.1 Å². The standard InChI is InChI=1S/C8H6ClN2OS/c1-2-7-10-8(11-12-7)5-3-4-6(9)13-5/h3-4H,1-2H2. The average molecular weight is 214 g/mol. The van der Waals surface area contributed by atoms with Crippen molar-refractivity contribution in [2.24, 2.45) is 0 Å². The lowest BCUT2D eigenvalue weighted by Gasteiger charge is -1.82. The normalized spacial score (nSPS) is 10.6. The summed E-state index contributed by atoms with van der Waals surface area (Å²) in [4.78, 5) is 5.03. The molecule has 3 nitrogen and oxygen atoms in total. The van der Waals surface area contributed by atoms with E-state index in [-0.39, 0.29) is 0 Å². The Balaban J connectivity index is 2.35. The molecule has 2 heterocycles. The van der Waals surface area contributed by atoms with Crippen molar-refractivity contribution in [1.82, 2.24) is 10.1 Å². The number of thiophene rings is 1. The van der Waals surface area contributed by atoms with Crippen LogP contribution >= 0.6 is 22.9 Å². The summed E-state index contributed by atoms with van der Waals surface area (Å²) in [7, 11) is 0. The van der Waals surface area contributed by atoms with Crippen molar-refractivity contribution >= 4 is 22.9 Å². The van der Waals surface area contributed by atoms with E-state index in [1.165, 1.54) is 11.3 Å². The highest BCUT2D eigenvalue weighted by molar-refractivity contribution is 7.19. The Hall–Kier alpha value is -0.870. The second-order valence-corrected chi connectivity index (χ2v) is 4.08. The topological polar surface area (TPSA) is 38.9 Å². The quantitative estimate of drug-likeness (QED) is 0.770. The third kappa shape index (κ3) is 1.73. The maximum atomic E-state index is 5.77. The van der Waals surface area contributed by atoms with Gasteiger partial charge in [0.2, 0.25) is 11.7 Å². The van der Waals surface area contributed by atoms with Gasteiger partial charge in [0, 0.05) is 6.42 Å². The first-order chi connectivity index (χ1) is 6.29. The first-order valence-electron chi connectivity index (χ1n) is 3.67. The van der Waals surface area contributed by atoms with E-state index in [4.69, 9.17) is 16.1 Å². The molecule has 0 bridgehead atoms. The van der Waals surface area contributed by atoms with Gasteiger partial charge in [0.15, 0.2) is 0 Å². The van der Waals surface area contributed by atoms with E-state index in [1.54, 1.807) is 0 Å². The SMILES string of the molecule is [CH2]Cc1nc(-c2ccc(Cl)s2)no1. The third-order valence-corrected chi connectivity index (χ3v) is 2.70. The Bertz CT molecular complexity index is 410. The van der Waals surface area contributed by atoms with Crippen molar-refractivity contribution < 1.29 is 4.52 Å². The van der Waals surface area contributed by atoms with E-state index in [1.807, 2.05) is 12.1 Å². The molecule has 0 atom stereocenters. The number of hydrogen-bond donors (Lipinski definition) is 0. The molecule has 0 N–H and O–H groups in total. The summed E-state index contributed by atoms with van der Waals surface area (Å²) in [6.45, 7) is 3.65. The predicted octanol–water partition coefficient (Wildman–Crippen LogP) is 2.83. The molecule has 2 rings (SSSR count). The third-order valence-electron chi connectivity index (χ3n) is 1.48. The fourth-order valence-electron chi connectivity index (χ4n) is 0.891. The molecule has 0 aliphatic rings. The van der Waals surface area contributed by atoms with Crippen molar-refractivity contribution in [3.05, 3.63) is 29.3 Å². The molecule has 13 heavy (non-hydrogen) atoms. The first kappa shape index (κ1) is 8.72. The summed E-state index contributed by atoms with van der Waals surface area (Å²) in [5, 5.41) is 3.80. The Kier molecular flexibility index (Phi) is 2.33. The van der Waals surface area contributed by atoms with Crippen LogP contribution in [-0.2, 0) is 6.42 Å². The van der Waals surface area contributed by atoms with Crippen LogP contribution in [0.3, 0.4) is 0 Å². The van der Waals surface area contributed by atoms with Crippen molar-refractivity contribution in [2.75, 3.05) is 0 Å². The molecular weight excluding hydrogens is 208 g/mol. The molecule has 0 fully saturated rings. The summed E-state index contributed by atoms with van der Waals surface area (Å²) in [5.41, 5.74) is 0. The largest absolute Gasteiger partial charge is 0.339 e. The van der Waals surface area contributed by atoms with Gasteiger partial charge in [0.25, 0.3) is 0 Å². The Morgan fingerprint density at radius 3 is 2.92 bits per heavy atom. The zero-order valence-electron chi connectivity index (χ0n) is 6.66. The van der Waals surface area contributed by atoms with Gasteiger partial charge in [-0.1, -0.05) is 16.8 Å². The average Bonchev–Trinajstić information content (AvgIpc) is 2.71. The van der Waals surface area contributed by atoms with Gasteiger partial charge in [-0.05, 0) is 19.1 Å².